The van der Waals surface area contributed by atoms with Gasteiger partial charge in [0.05, 0.1) is 11.0 Å². The third kappa shape index (κ3) is 4.63. The molecule has 55 heavy (non-hydrogen) atoms. The lowest BCUT2D eigenvalue weighted by atomic mass is 9.27. The van der Waals surface area contributed by atoms with Gasteiger partial charge in [-0.25, -0.2) is 0 Å². The first-order chi connectivity index (χ1) is 26.8. The van der Waals surface area contributed by atoms with Crippen molar-refractivity contribution in [1.82, 2.24) is 9.97 Å². The van der Waals surface area contributed by atoms with Crippen molar-refractivity contribution in [2.75, 3.05) is 0 Å². The number of pyridine rings is 2. The van der Waals surface area contributed by atoms with Crippen molar-refractivity contribution in [2.24, 2.45) is 0 Å². The fourth-order valence-corrected chi connectivity index (χ4v) is 10.1. The zero-order valence-corrected chi connectivity index (χ0v) is 31.6. The van der Waals surface area contributed by atoms with Crippen molar-refractivity contribution in [3.63, 3.8) is 0 Å². The summed E-state index contributed by atoms with van der Waals surface area (Å²) in [7, 11) is 0. The van der Waals surface area contributed by atoms with E-state index in [9.17, 15) is 0 Å². The Hall–Kier alpha value is -6.32. The predicted octanol–water partition coefficient (Wildman–Crippen LogP) is 10.7. The minimum absolute atomic E-state index is 0.134. The van der Waals surface area contributed by atoms with Crippen molar-refractivity contribution in [3.8, 4) is 33.4 Å². The van der Waals surface area contributed by atoms with Gasteiger partial charge in [0.1, 0.15) is 0 Å². The summed E-state index contributed by atoms with van der Waals surface area (Å²) in [5, 5.41) is 4.56. The van der Waals surface area contributed by atoms with Gasteiger partial charge in [0.25, 0.3) is 0 Å². The molecule has 2 aliphatic rings. The lowest BCUT2D eigenvalue weighted by Gasteiger charge is -2.47. The molecule has 0 spiro atoms. The summed E-state index contributed by atoms with van der Waals surface area (Å²) in [6.45, 7) is 9.91. The van der Waals surface area contributed by atoms with Gasteiger partial charge in [-0.15, -0.1) is 0 Å². The first kappa shape index (κ1) is 32.1. The number of benzene rings is 7. The van der Waals surface area contributed by atoms with Crippen LogP contribution in [0.3, 0.4) is 0 Å². The average Bonchev–Trinajstić information content (AvgIpc) is 3.23. The lowest BCUT2D eigenvalue weighted by molar-refractivity contribution is 0.622. The lowest BCUT2D eigenvalue weighted by Crippen LogP contribution is -2.66. The Bertz CT molecular complexity index is 2950. The Balaban J connectivity index is 1.04. The molecular weight excluding hydrogens is 663 g/mol. The van der Waals surface area contributed by atoms with E-state index in [0.29, 0.717) is 0 Å². The Kier molecular flexibility index (Phi) is 6.78. The van der Waals surface area contributed by atoms with E-state index in [1.807, 2.05) is 24.5 Å². The average molecular weight is 703 g/mol. The Morgan fingerprint density at radius 1 is 0.364 bits per heavy atom. The molecule has 7 aromatic carbocycles. The summed E-state index contributed by atoms with van der Waals surface area (Å²) in [5.41, 5.74) is 19.2. The van der Waals surface area contributed by atoms with E-state index in [1.54, 1.807) is 0 Å². The van der Waals surface area contributed by atoms with Gasteiger partial charge < -0.3 is 0 Å². The van der Waals surface area contributed by atoms with Crippen LogP contribution in [0.15, 0.2) is 164 Å². The van der Waals surface area contributed by atoms with Gasteiger partial charge >= 0.3 is 0 Å². The molecule has 0 radical (unpaired) electrons. The van der Waals surface area contributed by atoms with Crippen LogP contribution >= 0.6 is 0 Å². The normalized spacial score (nSPS) is 14.8. The molecule has 260 valence electrons. The van der Waals surface area contributed by atoms with Gasteiger partial charge in [-0.05, 0) is 97.4 Å². The van der Waals surface area contributed by atoms with Gasteiger partial charge in [0, 0.05) is 39.4 Å². The molecule has 0 saturated heterocycles. The highest BCUT2D eigenvalue weighted by atomic mass is 14.7. The summed E-state index contributed by atoms with van der Waals surface area (Å²) >= 11 is 0. The van der Waals surface area contributed by atoms with Crippen LogP contribution in [0.25, 0.3) is 66.0 Å². The molecule has 0 amide bonds. The number of fused-ring (bicyclic) bond motifs is 10. The van der Waals surface area contributed by atoms with Gasteiger partial charge in [0.2, 0.25) is 6.71 Å². The van der Waals surface area contributed by atoms with Crippen LogP contribution in [-0.4, -0.2) is 16.7 Å². The van der Waals surface area contributed by atoms with Crippen LogP contribution in [0.2, 0.25) is 0 Å². The standard InChI is InChI=1S/C52H39BN2/c1-51(2)42-19-5-7-21-46(42)53-47-22-8-6-20-43(47)52(3,4)45-31-37(30-44(51)48(45)53)35-16-10-14-33(28-35)32-13-9-15-34(27-32)36-23-24-39-41(29-36)38-17-11-25-54-49(38)40-18-12-26-55-50(39)40/h5-31H,1-4H3. The second-order valence-corrected chi connectivity index (χ2v) is 16.6. The van der Waals surface area contributed by atoms with Crippen molar-refractivity contribution < 1.29 is 0 Å². The van der Waals surface area contributed by atoms with Crippen LogP contribution in [0.5, 0.6) is 0 Å². The van der Waals surface area contributed by atoms with Gasteiger partial charge in [0.15, 0.2) is 0 Å². The van der Waals surface area contributed by atoms with Crippen LogP contribution in [-0.2, 0) is 10.8 Å². The Labute approximate surface area is 322 Å². The van der Waals surface area contributed by atoms with E-state index in [1.165, 1.54) is 77.4 Å². The maximum atomic E-state index is 4.79. The molecule has 0 bridgehead atoms. The molecule has 0 atom stereocenters. The van der Waals surface area contributed by atoms with Crippen molar-refractivity contribution in [1.29, 1.82) is 0 Å². The minimum atomic E-state index is -0.134. The quantitative estimate of drug-likeness (QED) is 0.135. The molecular formula is C52H39BN2. The molecule has 4 heterocycles. The van der Waals surface area contributed by atoms with E-state index in [4.69, 9.17) is 9.97 Å². The maximum Gasteiger partial charge on any atom is 0.242 e. The fraction of sp³-hybridized carbons (Fsp3) is 0.115. The SMILES string of the molecule is CC1(C)c2ccccc2B2c3ccccc3C(C)(C)c3cc(-c4cccc(-c5cccc(-c6ccc7c(c6)c6cccnc6c6cccnc76)c5)c4)cc1c32. The van der Waals surface area contributed by atoms with Gasteiger partial charge in [-0.2, -0.15) is 0 Å². The topological polar surface area (TPSA) is 25.8 Å². The maximum absolute atomic E-state index is 4.79. The highest BCUT2D eigenvalue weighted by Gasteiger charge is 2.48. The molecule has 2 aliphatic heterocycles. The van der Waals surface area contributed by atoms with Crippen LogP contribution < -0.4 is 16.4 Å². The fourth-order valence-electron chi connectivity index (χ4n) is 10.1. The molecule has 2 nitrogen and oxygen atoms in total. The van der Waals surface area contributed by atoms with Crippen LogP contribution in [0.1, 0.15) is 49.9 Å². The molecule has 2 aromatic heterocycles. The molecule has 0 unspecified atom stereocenters. The zero-order valence-electron chi connectivity index (χ0n) is 31.6. The largest absolute Gasteiger partial charge is 0.256 e. The second-order valence-electron chi connectivity index (χ2n) is 16.6. The van der Waals surface area contributed by atoms with Crippen LogP contribution in [0.4, 0.5) is 0 Å². The highest BCUT2D eigenvalue weighted by Crippen LogP contribution is 2.43. The summed E-state index contributed by atoms with van der Waals surface area (Å²) in [6.07, 6.45) is 3.75. The molecule has 0 saturated carbocycles. The predicted molar refractivity (Wildman–Crippen MR) is 233 cm³/mol. The Morgan fingerprint density at radius 2 is 0.836 bits per heavy atom. The first-order valence-corrected chi connectivity index (χ1v) is 19.4. The zero-order chi connectivity index (χ0) is 37.1. The van der Waals surface area contributed by atoms with E-state index >= 15 is 0 Å². The molecule has 11 rings (SSSR count). The van der Waals surface area contributed by atoms with E-state index < -0.39 is 0 Å². The third-order valence-electron chi connectivity index (χ3n) is 12.9. The molecule has 9 aromatic rings. The third-order valence-corrected chi connectivity index (χ3v) is 12.9. The summed E-state index contributed by atoms with van der Waals surface area (Å²) in [4.78, 5) is 9.57. The molecule has 0 aliphatic carbocycles. The second kappa shape index (κ2) is 11.6. The van der Waals surface area contributed by atoms with Crippen molar-refractivity contribution >= 4 is 55.7 Å². The Morgan fingerprint density at radius 3 is 1.40 bits per heavy atom. The number of aromatic nitrogens is 2. The van der Waals surface area contributed by atoms with Gasteiger partial charge in [-0.1, -0.05) is 159 Å². The molecule has 3 heteroatoms. The summed E-state index contributed by atoms with van der Waals surface area (Å²) in [6, 6.07) is 56.5. The number of hydrogen-bond acceptors (Lipinski definition) is 2. The number of nitrogens with zero attached hydrogens (tertiary/aromatic N) is 2. The minimum Gasteiger partial charge on any atom is -0.256 e. The summed E-state index contributed by atoms with van der Waals surface area (Å²) in [5.74, 6) is 0. The smallest absolute Gasteiger partial charge is 0.242 e. The van der Waals surface area contributed by atoms with Crippen molar-refractivity contribution in [3.05, 3.63) is 186 Å². The van der Waals surface area contributed by atoms with Crippen molar-refractivity contribution in [2.45, 2.75) is 38.5 Å². The van der Waals surface area contributed by atoms with E-state index in [-0.39, 0.29) is 17.5 Å². The molecule has 0 fully saturated rings. The first-order valence-electron chi connectivity index (χ1n) is 19.4. The molecule has 0 N–H and O–H groups in total. The van der Waals surface area contributed by atoms with Crippen LogP contribution in [0, 0.1) is 0 Å². The highest BCUT2D eigenvalue weighted by molar-refractivity contribution is 6.97. The number of rotatable bonds is 3. The van der Waals surface area contributed by atoms with E-state index in [0.717, 1.165) is 27.2 Å². The monoisotopic (exact) mass is 702 g/mol. The van der Waals surface area contributed by atoms with E-state index in [2.05, 4.69) is 167 Å². The van der Waals surface area contributed by atoms with Gasteiger partial charge in [-0.3, -0.25) is 9.97 Å². The summed E-state index contributed by atoms with van der Waals surface area (Å²) < 4.78 is 0. The number of hydrogen-bond donors (Lipinski definition) is 0.